The van der Waals surface area contributed by atoms with Gasteiger partial charge in [-0.15, -0.1) is 0 Å². The minimum Gasteiger partial charge on any atom is -0.396 e. The van der Waals surface area contributed by atoms with E-state index in [0.717, 1.165) is 24.9 Å². The monoisotopic (exact) mass is 276 g/mol. The van der Waals surface area contributed by atoms with E-state index in [2.05, 4.69) is 18.3 Å². The summed E-state index contributed by atoms with van der Waals surface area (Å²) in [7, 11) is 0. The topological polar surface area (TPSA) is 52.6 Å². The fourth-order valence-corrected chi connectivity index (χ4v) is 2.83. The Morgan fingerprint density at radius 1 is 1.50 bits per heavy atom. The maximum atomic E-state index is 12.3. The van der Waals surface area contributed by atoms with Gasteiger partial charge in [0.2, 0.25) is 0 Å². The number of aliphatic hydroxyl groups excluding tert-OH is 1. The van der Waals surface area contributed by atoms with Gasteiger partial charge in [0.15, 0.2) is 0 Å². The second kappa shape index (κ2) is 6.75. The highest BCUT2D eigenvalue weighted by Gasteiger charge is 2.24. The van der Waals surface area contributed by atoms with E-state index in [1.807, 2.05) is 30.0 Å². The molecule has 1 aliphatic heterocycles. The maximum absolute atomic E-state index is 12.3. The molecule has 2 unspecified atom stereocenters. The van der Waals surface area contributed by atoms with Crippen LogP contribution in [0.2, 0.25) is 0 Å². The molecule has 1 heterocycles. The summed E-state index contributed by atoms with van der Waals surface area (Å²) >= 11 is 0. The molecule has 110 valence electrons. The highest BCUT2D eigenvalue weighted by atomic mass is 16.3. The normalized spacial score (nSPS) is 20.6. The van der Waals surface area contributed by atoms with Crippen molar-refractivity contribution in [3.63, 3.8) is 0 Å². The third-order valence-corrected chi connectivity index (χ3v) is 4.06. The molecule has 1 aliphatic rings. The van der Waals surface area contributed by atoms with E-state index in [1.165, 1.54) is 5.56 Å². The predicted octanol–water partition coefficient (Wildman–Crippen LogP) is 2.47. The molecule has 0 radical (unpaired) electrons. The van der Waals surface area contributed by atoms with E-state index in [0.29, 0.717) is 6.54 Å². The van der Waals surface area contributed by atoms with Crippen molar-refractivity contribution in [3.05, 3.63) is 35.4 Å². The van der Waals surface area contributed by atoms with Crippen molar-refractivity contribution in [2.24, 2.45) is 5.92 Å². The van der Waals surface area contributed by atoms with Crippen molar-refractivity contribution >= 4 is 6.03 Å². The fraction of sp³-hybridized carbons (Fsp3) is 0.562. The molecular formula is C16H24N2O2. The van der Waals surface area contributed by atoms with Gasteiger partial charge in [0.05, 0.1) is 6.04 Å². The van der Waals surface area contributed by atoms with Crippen LogP contribution in [0.4, 0.5) is 4.79 Å². The van der Waals surface area contributed by atoms with Crippen molar-refractivity contribution in [1.82, 2.24) is 10.2 Å². The number of carbonyl (C=O) groups is 1. The molecule has 1 aromatic rings. The van der Waals surface area contributed by atoms with Gasteiger partial charge in [-0.2, -0.15) is 0 Å². The summed E-state index contributed by atoms with van der Waals surface area (Å²) in [6, 6.07) is 8.07. The standard InChI is InChI=1S/C16H24N2O2/c1-12-6-3-4-8-15(12)13(2)17-16(20)18-9-5-7-14(10-18)11-19/h3-4,6,8,13-14,19H,5,7,9-11H2,1-2H3,(H,17,20). The summed E-state index contributed by atoms with van der Waals surface area (Å²) in [5.74, 6) is 0.225. The summed E-state index contributed by atoms with van der Waals surface area (Å²) < 4.78 is 0. The molecule has 2 rings (SSSR count). The minimum absolute atomic E-state index is 0.00166. The quantitative estimate of drug-likeness (QED) is 0.891. The molecule has 0 bridgehead atoms. The fourth-order valence-electron chi connectivity index (χ4n) is 2.83. The number of hydrogen-bond acceptors (Lipinski definition) is 2. The van der Waals surface area contributed by atoms with Crippen LogP contribution >= 0.6 is 0 Å². The Morgan fingerprint density at radius 3 is 2.95 bits per heavy atom. The summed E-state index contributed by atoms with van der Waals surface area (Å²) in [5, 5.41) is 12.3. The number of likely N-dealkylation sites (tertiary alicyclic amines) is 1. The first-order valence-corrected chi connectivity index (χ1v) is 7.33. The van der Waals surface area contributed by atoms with E-state index in [-0.39, 0.29) is 24.6 Å². The molecule has 0 aliphatic carbocycles. The average molecular weight is 276 g/mol. The molecule has 0 aromatic heterocycles. The summed E-state index contributed by atoms with van der Waals surface area (Å²) in [6.07, 6.45) is 1.98. The smallest absolute Gasteiger partial charge is 0.317 e. The second-order valence-corrected chi connectivity index (χ2v) is 5.66. The van der Waals surface area contributed by atoms with Crippen molar-refractivity contribution in [2.45, 2.75) is 32.7 Å². The number of nitrogens with one attached hydrogen (secondary N) is 1. The van der Waals surface area contributed by atoms with Gasteiger partial charge in [-0.25, -0.2) is 4.79 Å². The largest absolute Gasteiger partial charge is 0.396 e. The van der Waals surface area contributed by atoms with Gasteiger partial charge in [0, 0.05) is 19.7 Å². The first kappa shape index (κ1) is 14.9. The molecule has 1 fully saturated rings. The van der Waals surface area contributed by atoms with Crippen molar-refractivity contribution in [1.29, 1.82) is 0 Å². The lowest BCUT2D eigenvalue weighted by Crippen LogP contribution is -2.46. The Labute approximate surface area is 120 Å². The van der Waals surface area contributed by atoms with Gasteiger partial charge in [-0.05, 0) is 43.7 Å². The molecule has 4 nitrogen and oxygen atoms in total. The highest BCUT2D eigenvalue weighted by Crippen LogP contribution is 2.19. The Morgan fingerprint density at radius 2 is 2.25 bits per heavy atom. The Bertz CT molecular complexity index is 462. The maximum Gasteiger partial charge on any atom is 0.317 e. The van der Waals surface area contributed by atoms with Gasteiger partial charge >= 0.3 is 6.03 Å². The molecule has 2 amide bonds. The average Bonchev–Trinajstić information content (AvgIpc) is 2.47. The van der Waals surface area contributed by atoms with Crippen LogP contribution in [0.1, 0.15) is 36.9 Å². The first-order chi connectivity index (χ1) is 9.61. The number of urea groups is 1. The van der Waals surface area contributed by atoms with Gasteiger partial charge in [-0.3, -0.25) is 0 Å². The van der Waals surface area contributed by atoms with Gasteiger partial charge in [-0.1, -0.05) is 24.3 Å². The van der Waals surface area contributed by atoms with Crippen LogP contribution in [0.5, 0.6) is 0 Å². The zero-order chi connectivity index (χ0) is 14.5. The lowest BCUT2D eigenvalue weighted by molar-refractivity contribution is 0.128. The van der Waals surface area contributed by atoms with Crippen LogP contribution < -0.4 is 5.32 Å². The van der Waals surface area contributed by atoms with Gasteiger partial charge in [0.25, 0.3) is 0 Å². The van der Waals surface area contributed by atoms with Gasteiger partial charge < -0.3 is 15.3 Å². The Hall–Kier alpha value is -1.55. The van der Waals surface area contributed by atoms with E-state index >= 15 is 0 Å². The van der Waals surface area contributed by atoms with E-state index in [9.17, 15) is 9.90 Å². The number of hydrogen-bond donors (Lipinski definition) is 2. The summed E-state index contributed by atoms with van der Waals surface area (Å²) in [5.41, 5.74) is 2.34. The number of aryl methyl sites for hydroxylation is 1. The molecule has 0 spiro atoms. The zero-order valence-corrected chi connectivity index (χ0v) is 12.3. The minimum atomic E-state index is -0.0288. The number of carbonyl (C=O) groups excluding carboxylic acids is 1. The highest BCUT2D eigenvalue weighted by molar-refractivity contribution is 5.74. The number of piperidine rings is 1. The molecule has 0 saturated carbocycles. The lowest BCUT2D eigenvalue weighted by atomic mass is 9.99. The molecule has 2 N–H and O–H groups in total. The first-order valence-electron chi connectivity index (χ1n) is 7.33. The second-order valence-electron chi connectivity index (χ2n) is 5.66. The van der Waals surface area contributed by atoms with Crippen LogP contribution in [0.3, 0.4) is 0 Å². The number of benzene rings is 1. The third-order valence-electron chi connectivity index (χ3n) is 4.06. The van der Waals surface area contributed by atoms with Gasteiger partial charge in [0.1, 0.15) is 0 Å². The predicted molar refractivity (Wildman–Crippen MR) is 79.5 cm³/mol. The molecule has 20 heavy (non-hydrogen) atoms. The van der Waals surface area contributed by atoms with Crippen molar-refractivity contribution in [3.8, 4) is 0 Å². The molecule has 2 atom stereocenters. The molecule has 1 saturated heterocycles. The van der Waals surface area contributed by atoms with Crippen LogP contribution in [-0.2, 0) is 0 Å². The van der Waals surface area contributed by atoms with E-state index < -0.39 is 0 Å². The summed E-state index contributed by atoms with van der Waals surface area (Å²) in [6.45, 7) is 5.66. The molecular weight excluding hydrogens is 252 g/mol. The van der Waals surface area contributed by atoms with Crippen molar-refractivity contribution in [2.75, 3.05) is 19.7 Å². The Kier molecular flexibility index (Phi) is 5.01. The van der Waals surface area contributed by atoms with E-state index in [4.69, 9.17) is 0 Å². The third kappa shape index (κ3) is 3.51. The summed E-state index contributed by atoms with van der Waals surface area (Å²) in [4.78, 5) is 14.1. The van der Waals surface area contributed by atoms with Crippen LogP contribution in [0.15, 0.2) is 24.3 Å². The number of nitrogens with zero attached hydrogens (tertiary/aromatic N) is 1. The number of aliphatic hydroxyl groups is 1. The van der Waals surface area contributed by atoms with Crippen LogP contribution in [0.25, 0.3) is 0 Å². The van der Waals surface area contributed by atoms with Crippen molar-refractivity contribution < 1.29 is 9.90 Å². The Balaban J connectivity index is 1.95. The van der Waals surface area contributed by atoms with Crippen LogP contribution in [0, 0.1) is 12.8 Å². The number of amides is 2. The lowest BCUT2D eigenvalue weighted by Gasteiger charge is -2.33. The molecule has 1 aromatic carbocycles. The number of rotatable bonds is 3. The van der Waals surface area contributed by atoms with E-state index in [1.54, 1.807) is 0 Å². The van der Waals surface area contributed by atoms with Crippen LogP contribution in [-0.4, -0.2) is 35.7 Å². The molecule has 4 heteroatoms. The SMILES string of the molecule is Cc1ccccc1C(C)NC(=O)N1CCCC(CO)C1. The zero-order valence-electron chi connectivity index (χ0n) is 12.3.